The van der Waals surface area contributed by atoms with Crippen LogP contribution in [0.5, 0.6) is 0 Å². The van der Waals surface area contributed by atoms with Gasteiger partial charge in [-0.1, -0.05) is 242 Å². The van der Waals surface area contributed by atoms with Gasteiger partial charge in [0.15, 0.2) is 12.6 Å². The summed E-state index contributed by atoms with van der Waals surface area (Å²) in [6.07, 6.45) is 51.4. The van der Waals surface area contributed by atoms with Crippen molar-refractivity contribution in [1.82, 2.24) is 5.32 Å². The van der Waals surface area contributed by atoms with Crippen LogP contribution in [0.4, 0.5) is 0 Å². The lowest BCUT2D eigenvalue weighted by molar-refractivity contribution is -0.359. The summed E-state index contributed by atoms with van der Waals surface area (Å²) in [6, 6.07) is -0.948. The van der Waals surface area contributed by atoms with Gasteiger partial charge in [-0.2, -0.15) is 0 Å². The van der Waals surface area contributed by atoms with Crippen LogP contribution in [0.2, 0.25) is 0 Å². The molecule has 0 bridgehead atoms. The van der Waals surface area contributed by atoms with Crippen molar-refractivity contribution in [1.29, 1.82) is 0 Å². The SMILES string of the molecule is CCCCCC/C=C\C/C=C\CCCCCCCC(=O)NC(COC1OC(CO)C(OC2OC(CO)C(O)C(O)C2O)C(O)C1O)C(O)/C=C/CC/C=C/CC/C=C/CCCCCCCCCCCCCCCCCCCCCCC. The fraction of sp³-hybridized carbons (Fsp3) is 0.836. The van der Waals surface area contributed by atoms with Crippen LogP contribution in [-0.2, 0) is 23.7 Å². The second-order valence-electron chi connectivity index (χ2n) is 23.2. The normalized spacial score (nSPS) is 24.5. The second kappa shape index (κ2) is 52.1. The molecule has 81 heavy (non-hydrogen) atoms. The molecule has 14 heteroatoms. The first-order valence-corrected chi connectivity index (χ1v) is 33.0. The second-order valence-corrected chi connectivity index (χ2v) is 23.2. The van der Waals surface area contributed by atoms with Crippen molar-refractivity contribution in [3.63, 3.8) is 0 Å². The van der Waals surface area contributed by atoms with Gasteiger partial charge >= 0.3 is 0 Å². The van der Waals surface area contributed by atoms with Crippen molar-refractivity contribution in [2.45, 2.75) is 338 Å². The Hall–Kier alpha value is -2.31. The van der Waals surface area contributed by atoms with E-state index < -0.39 is 86.8 Å². The van der Waals surface area contributed by atoms with Crippen LogP contribution in [0.15, 0.2) is 60.8 Å². The first-order valence-electron chi connectivity index (χ1n) is 33.0. The van der Waals surface area contributed by atoms with E-state index in [1.807, 2.05) is 6.08 Å². The average molecular weight is 1150 g/mol. The molecule has 0 aromatic rings. The highest BCUT2D eigenvalue weighted by Gasteiger charge is 2.51. The lowest BCUT2D eigenvalue weighted by Crippen LogP contribution is -2.65. The summed E-state index contributed by atoms with van der Waals surface area (Å²) < 4.78 is 22.8. The zero-order chi connectivity index (χ0) is 58.8. The zero-order valence-corrected chi connectivity index (χ0v) is 51.0. The number of allylic oxidation sites excluding steroid dienone is 9. The number of hydrogen-bond acceptors (Lipinski definition) is 13. The number of amides is 1. The van der Waals surface area contributed by atoms with Crippen LogP contribution >= 0.6 is 0 Å². The molecule has 0 spiro atoms. The number of carbonyl (C=O) groups is 1. The Labute approximate surface area is 492 Å². The van der Waals surface area contributed by atoms with Crippen LogP contribution in [0.1, 0.15) is 264 Å². The lowest BCUT2D eigenvalue weighted by Gasteiger charge is -2.46. The maximum absolute atomic E-state index is 13.3. The van der Waals surface area contributed by atoms with Gasteiger partial charge < -0.3 is 65.1 Å². The number of carbonyl (C=O) groups excluding carboxylic acids is 1. The molecule has 2 aliphatic rings. The van der Waals surface area contributed by atoms with E-state index in [1.165, 1.54) is 161 Å². The fourth-order valence-electron chi connectivity index (χ4n) is 10.6. The topological polar surface area (TPSA) is 228 Å². The Morgan fingerprint density at radius 2 is 0.827 bits per heavy atom. The highest BCUT2D eigenvalue weighted by atomic mass is 16.7. The van der Waals surface area contributed by atoms with Gasteiger partial charge in [-0.25, -0.2) is 0 Å². The van der Waals surface area contributed by atoms with Gasteiger partial charge in [0.2, 0.25) is 5.91 Å². The van der Waals surface area contributed by atoms with Gasteiger partial charge in [0.25, 0.3) is 0 Å². The first kappa shape index (κ1) is 74.8. The largest absolute Gasteiger partial charge is 0.394 e. The third-order valence-electron chi connectivity index (χ3n) is 15.9. The van der Waals surface area contributed by atoms with Gasteiger partial charge in [0.05, 0.1) is 32.0 Å². The predicted molar refractivity (Wildman–Crippen MR) is 327 cm³/mol. The van der Waals surface area contributed by atoms with Crippen molar-refractivity contribution in [3.8, 4) is 0 Å². The summed E-state index contributed by atoms with van der Waals surface area (Å²) in [7, 11) is 0. The average Bonchev–Trinajstić information content (AvgIpc) is 3.62. The van der Waals surface area contributed by atoms with Gasteiger partial charge in [-0.3, -0.25) is 4.79 Å². The van der Waals surface area contributed by atoms with Crippen molar-refractivity contribution < 1.29 is 64.6 Å². The van der Waals surface area contributed by atoms with Crippen molar-refractivity contribution in [3.05, 3.63) is 60.8 Å². The van der Waals surface area contributed by atoms with E-state index in [9.17, 15) is 45.6 Å². The van der Waals surface area contributed by atoms with Crippen LogP contribution in [0.25, 0.3) is 0 Å². The molecule has 0 aromatic carbocycles. The van der Waals surface area contributed by atoms with Gasteiger partial charge in [-0.05, 0) is 77.0 Å². The molecule has 1 amide bonds. The maximum Gasteiger partial charge on any atom is 0.220 e. The van der Waals surface area contributed by atoms with Crippen molar-refractivity contribution in [2.24, 2.45) is 0 Å². The highest BCUT2D eigenvalue weighted by Crippen LogP contribution is 2.30. The molecule has 472 valence electrons. The number of rotatable bonds is 53. The molecule has 0 saturated carbocycles. The van der Waals surface area contributed by atoms with E-state index in [0.717, 1.165) is 70.6 Å². The van der Waals surface area contributed by atoms with E-state index in [-0.39, 0.29) is 18.9 Å². The van der Waals surface area contributed by atoms with E-state index in [1.54, 1.807) is 6.08 Å². The minimum atomic E-state index is -1.80. The summed E-state index contributed by atoms with van der Waals surface area (Å²) >= 11 is 0. The minimum absolute atomic E-state index is 0.252. The molecule has 2 saturated heterocycles. The molecule has 12 unspecified atom stereocenters. The quantitative estimate of drug-likeness (QED) is 0.0204. The standard InChI is InChI=1S/C67H121NO13/c1-3-5-7-9-11-13-15-17-19-21-22-23-24-25-26-27-28-29-30-31-32-33-34-35-36-38-40-42-44-46-48-50-56(71)55(68-59(72)51-49-47-45-43-41-39-37-20-18-16-14-12-10-8-6-4-2)54-78-66-64(77)62(75)65(58(53-70)80-66)81-67-63(76)61(74)60(73)57(52-69)79-67/h14,16,20,34-35,37,40,42,48,50,55-58,60-67,69-71,73-77H,3-13,15,17-19,21-33,36,38-39,41,43-47,49,51-54H2,1-2H3,(H,68,72)/b16-14-,35-34+,37-20-,42-40+,50-48+. The van der Waals surface area contributed by atoms with Crippen molar-refractivity contribution in [2.75, 3.05) is 19.8 Å². The van der Waals surface area contributed by atoms with Crippen molar-refractivity contribution >= 4 is 5.91 Å². The lowest BCUT2D eigenvalue weighted by atomic mass is 9.97. The van der Waals surface area contributed by atoms with Crippen LogP contribution in [0, 0.1) is 0 Å². The highest BCUT2D eigenvalue weighted by molar-refractivity contribution is 5.76. The molecular formula is C67H121NO13. The van der Waals surface area contributed by atoms with E-state index in [2.05, 4.69) is 67.8 Å². The number of aliphatic hydroxyl groups is 8. The Bertz CT molecular complexity index is 1590. The van der Waals surface area contributed by atoms with Crippen LogP contribution in [-0.4, -0.2) is 140 Å². The number of unbranched alkanes of at least 4 members (excludes halogenated alkanes) is 32. The number of hydrogen-bond donors (Lipinski definition) is 9. The number of nitrogens with one attached hydrogen (secondary N) is 1. The van der Waals surface area contributed by atoms with Crippen LogP contribution < -0.4 is 5.32 Å². The molecule has 2 fully saturated rings. The summed E-state index contributed by atoms with van der Waals surface area (Å²) in [5.74, 6) is -0.267. The summed E-state index contributed by atoms with van der Waals surface area (Å²) in [5.41, 5.74) is 0. The van der Waals surface area contributed by atoms with E-state index >= 15 is 0 Å². The smallest absolute Gasteiger partial charge is 0.220 e. The Balaban J connectivity index is 1.71. The van der Waals surface area contributed by atoms with E-state index in [0.29, 0.717) is 12.8 Å². The molecule has 2 heterocycles. The maximum atomic E-state index is 13.3. The van der Waals surface area contributed by atoms with Gasteiger partial charge in [-0.15, -0.1) is 0 Å². The molecule has 2 rings (SSSR count). The molecule has 0 aromatic heterocycles. The molecular weight excluding hydrogens is 1030 g/mol. The number of ether oxygens (including phenoxy) is 4. The van der Waals surface area contributed by atoms with Gasteiger partial charge in [0, 0.05) is 6.42 Å². The Kier molecular flexibility index (Phi) is 48.1. The monoisotopic (exact) mass is 1150 g/mol. The van der Waals surface area contributed by atoms with E-state index in [4.69, 9.17) is 18.9 Å². The van der Waals surface area contributed by atoms with Crippen LogP contribution in [0.3, 0.4) is 0 Å². The first-order chi connectivity index (χ1) is 39.6. The zero-order valence-electron chi connectivity index (χ0n) is 51.0. The summed E-state index contributed by atoms with van der Waals surface area (Å²) in [5, 5.41) is 87.2. The molecule has 9 N–H and O–H groups in total. The molecule has 12 atom stereocenters. The van der Waals surface area contributed by atoms with Gasteiger partial charge in [0.1, 0.15) is 48.8 Å². The predicted octanol–water partition coefficient (Wildman–Crippen LogP) is 12.5. The minimum Gasteiger partial charge on any atom is -0.394 e. The molecule has 0 aliphatic carbocycles. The Morgan fingerprint density at radius 1 is 0.444 bits per heavy atom. The third kappa shape index (κ3) is 37.0. The summed E-state index contributed by atoms with van der Waals surface area (Å²) in [6.45, 7) is 2.76. The number of aliphatic hydroxyl groups excluding tert-OH is 8. The Morgan fingerprint density at radius 3 is 1.30 bits per heavy atom. The molecule has 2 aliphatic heterocycles. The fourth-order valence-corrected chi connectivity index (χ4v) is 10.6. The molecule has 14 nitrogen and oxygen atoms in total. The summed E-state index contributed by atoms with van der Waals surface area (Å²) in [4.78, 5) is 13.3. The molecule has 0 radical (unpaired) electrons. The third-order valence-corrected chi connectivity index (χ3v) is 15.9.